The normalized spacial score (nSPS) is 15.9. The quantitative estimate of drug-likeness (QED) is 0.599. The lowest BCUT2D eigenvalue weighted by Crippen LogP contribution is -2.43. The van der Waals surface area contributed by atoms with E-state index in [2.05, 4.69) is 51.2 Å². The molecule has 4 nitrogen and oxygen atoms in total. The second-order valence-electron chi connectivity index (χ2n) is 5.55. The maximum Gasteiger partial charge on any atom is 0.191 e. The van der Waals surface area contributed by atoms with Crippen molar-refractivity contribution in [3.05, 3.63) is 22.4 Å². The summed E-state index contributed by atoms with van der Waals surface area (Å²) in [6.07, 6.45) is 2.73. The number of nitrogens with zero attached hydrogens (tertiary/aromatic N) is 2. The lowest BCUT2D eigenvalue weighted by molar-refractivity contribution is 0.215. The third kappa shape index (κ3) is 4.80. The number of guanidine groups is 1. The van der Waals surface area contributed by atoms with Crippen molar-refractivity contribution < 1.29 is 0 Å². The topological polar surface area (TPSA) is 39.7 Å². The van der Waals surface area contributed by atoms with Crippen molar-refractivity contribution in [2.24, 2.45) is 4.99 Å². The van der Waals surface area contributed by atoms with Crippen LogP contribution in [0.25, 0.3) is 0 Å². The predicted octanol–water partition coefficient (Wildman–Crippen LogP) is 2.29. The number of hydrogen-bond acceptors (Lipinski definition) is 3. The van der Waals surface area contributed by atoms with Gasteiger partial charge in [0.15, 0.2) is 5.96 Å². The summed E-state index contributed by atoms with van der Waals surface area (Å²) in [6, 6.07) is 3.58. The fourth-order valence-corrected chi connectivity index (χ4v) is 3.04. The van der Waals surface area contributed by atoms with E-state index >= 15 is 0 Å². The second-order valence-corrected chi connectivity index (χ2v) is 6.33. The summed E-state index contributed by atoms with van der Waals surface area (Å²) in [5.74, 6) is 0.885. The standard InChI is InChI=1S/C15H26N4S/c1-12(2)19(14-4-5-14)8-7-17-15(16-3)18-10-13-6-9-20-11-13/h6,9,11-12,14H,4-5,7-8,10H2,1-3H3,(H2,16,17,18). The molecule has 5 heteroatoms. The minimum atomic E-state index is 0.630. The fourth-order valence-electron chi connectivity index (χ4n) is 2.37. The van der Waals surface area contributed by atoms with Gasteiger partial charge in [0.1, 0.15) is 0 Å². The highest BCUT2D eigenvalue weighted by Crippen LogP contribution is 2.27. The summed E-state index contributed by atoms with van der Waals surface area (Å²) >= 11 is 1.73. The lowest BCUT2D eigenvalue weighted by atomic mass is 10.3. The Bertz CT molecular complexity index is 408. The molecule has 1 aliphatic carbocycles. The first-order chi connectivity index (χ1) is 9.70. The van der Waals surface area contributed by atoms with E-state index < -0.39 is 0 Å². The molecular formula is C15H26N4S. The molecule has 112 valence electrons. The number of thiophene rings is 1. The van der Waals surface area contributed by atoms with Crippen molar-refractivity contribution >= 4 is 17.3 Å². The van der Waals surface area contributed by atoms with Crippen LogP contribution in [-0.2, 0) is 6.54 Å². The van der Waals surface area contributed by atoms with E-state index in [1.165, 1.54) is 18.4 Å². The van der Waals surface area contributed by atoms with E-state index in [0.29, 0.717) is 6.04 Å². The molecule has 0 spiro atoms. The Kier molecular flexibility index (Phi) is 5.86. The summed E-state index contributed by atoms with van der Waals surface area (Å²) in [5, 5.41) is 11.0. The first-order valence-electron chi connectivity index (χ1n) is 7.42. The molecule has 0 radical (unpaired) electrons. The molecule has 2 N–H and O–H groups in total. The van der Waals surface area contributed by atoms with Crippen molar-refractivity contribution in [3.8, 4) is 0 Å². The van der Waals surface area contributed by atoms with Gasteiger partial charge >= 0.3 is 0 Å². The van der Waals surface area contributed by atoms with E-state index in [9.17, 15) is 0 Å². The minimum absolute atomic E-state index is 0.630. The van der Waals surface area contributed by atoms with Gasteiger partial charge < -0.3 is 10.6 Å². The zero-order valence-electron chi connectivity index (χ0n) is 12.7. The van der Waals surface area contributed by atoms with Crippen LogP contribution < -0.4 is 10.6 Å². The van der Waals surface area contributed by atoms with Crippen LogP contribution in [0.5, 0.6) is 0 Å². The van der Waals surface area contributed by atoms with Gasteiger partial charge in [0.05, 0.1) is 0 Å². The molecule has 1 aromatic heterocycles. The smallest absolute Gasteiger partial charge is 0.191 e. The Balaban J connectivity index is 1.68. The molecule has 20 heavy (non-hydrogen) atoms. The third-order valence-corrected chi connectivity index (χ3v) is 4.34. The van der Waals surface area contributed by atoms with Crippen molar-refractivity contribution in [3.63, 3.8) is 0 Å². The van der Waals surface area contributed by atoms with Crippen LogP contribution >= 0.6 is 11.3 Å². The van der Waals surface area contributed by atoms with Gasteiger partial charge in [0.25, 0.3) is 0 Å². The zero-order valence-corrected chi connectivity index (χ0v) is 13.5. The van der Waals surface area contributed by atoms with Crippen LogP contribution in [0.4, 0.5) is 0 Å². The highest BCUT2D eigenvalue weighted by Gasteiger charge is 2.29. The van der Waals surface area contributed by atoms with Gasteiger partial charge in [-0.1, -0.05) is 0 Å². The van der Waals surface area contributed by atoms with Gasteiger partial charge in [-0.05, 0) is 49.1 Å². The van der Waals surface area contributed by atoms with Gasteiger partial charge in [-0.3, -0.25) is 9.89 Å². The highest BCUT2D eigenvalue weighted by atomic mass is 32.1. The average molecular weight is 294 g/mol. The maximum atomic E-state index is 4.27. The van der Waals surface area contributed by atoms with Crippen molar-refractivity contribution in [2.45, 2.75) is 45.3 Å². The van der Waals surface area contributed by atoms with Crippen molar-refractivity contribution in [2.75, 3.05) is 20.1 Å². The third-order valence-electron chi connectivity index (χ3n) is 3.61. The molecule has 0 atom stereocenters. The van der Waals surface area contributed by atoms with Gasteiger partial charge in [-0.2, -0.15) is 11.3 Å². The number of hydrogen-bond donors (Lipinski definition) is 2. The Morgan fingerprint density at radius 3 is 2.80 bits per heavy atom. The summed E-state index contributed by atoms with van der Waals surface area (Å²) in [7, 11) is 1.82. The molecule has 1 saturated carbocycles. The Morgan fingerprint density at radius 2 is 2.25 bits per heavy atom. The van der Waals surface area contributed by atoms with Gasteiger partial charge in [0.2, 0.25) is 0 Å². The Labute approximate surface area is 126 Å². The number of rotatable bonds is 7. The lowest BCUT2D eigenvalue weighted by Gasteiger charge is -2.26. The highest BCUT2D eigenvalue weighted by molar-refractivity contribution is 7.07. The molecule has 0 unspecified atom stereocenters. The summed E-state index contributed by atoms with van der Waals surface area (Å²) < 4.78 is 0. The van der Waals surface area contributed by atoms with Crippen LogP contribution in [-0.4, -0.2) is 43.1 Å². The van der Waals surface area contributed by atoms with E-state index in [-0.39, 0.29) is 0 Å². The molecule has 0 aliphatic heterocycles. The largest absolute Gasteiger partial charge is 0.355 e. The van der Waals surface area contributed by atoms with Gasteiger partial charge in [-0.25, -0.2) is 0 Å². The Morgan fingerprint density at radius 1 is 1.45 bits per heavy atom. The van der Waals surface area contributed by atoms with Crippen molar-refractivity contribution in [1.29, 1.82) is 0 Å². The molecule has 0 amide bonds. The van der Waals surface area contributed by atoms with E-state index in [0.717, 1.165) is 31.6 Å². The van der Waals surface area contributed by atoms with Crippen LogP contribution in [0.15, 0.2) is 21.8 Å². The molecule has 0 bridgehead atoms. The molecule has 1 aromatic rings. The summed E-state index contributed by atoms with van der Waals surface area (Å²) in [6.45, 7) is 7.42. The molecule has 0 aromatic carbocycles. The average Bonchev–Trinajstić information content (AvgIpc) is 3.13. The summed E-state index contributed by atoms with van der Waals surface area (Å²) in [5.41, 5.74) is 1.31. The van der Waals surface area contributed by atoms with E-state index in [1.807, 2.05) is 7.05 Å². The summed E-state index contributed by atoms with van der Waals surface area (Å²) in [4.78, 5) is 6.85. The SMILES string of the molecule is CN=C(NCCN(C(C)C)C1CC1)NCc1ccsc1. The Hall–Kier alpha value is -1.07. The first kappa shape index (κ1) is 15.3. The van der Waals surface area contributed by atoms with Crippen molar-refractivity contribution in [1.82, 2.24) is 15.5 Å². The second kappa shape index (κ2) is 7.64. The van der Waals surface area contributed by atoms with Gasteiger partial charge in [0, 0.05) is 38.8 Å². The number of nitrogens with one attached hydrogen (secondary N) is 2. The molecular weight excluding hydrogens is 268 g/mol. The van der Waals surface area contributed by atoms with E-state index in [4.69, 9.17) is 0 Å². The van der Waals surface area contributed by atoms with Crippen LogP contribution in [0.2, 0.25) is 0 Å². The van der Waals surface area contributed by atoms with Gasteiger partial charge in [-0.15, -0.1) is 0 Å². The van der Waals surface area contributed by atoms with Crippen LogP contribution in [0.1, 0.15) is 32.3 Å². The molecule has 1 fully saturated rings. The number of aliphatic imine (C=N–C) groups is 1. The zero-order chi connectivity index (χ0) is 14.4. The van der Waals surface area contributed by atoms with Crippen LogP contribution in [0.3, 0.4) is 0 Å². The molecule has 1 heterocycles. The monoisotopic (exact) mass is 294 g/mol. The predicted molar refractivity (Wildman–Crippen MR) is 87.4 cm³/mol. The molecule has 0 saturated heterocycles. The minimum Gasteiger partial charge on any atom is -0.355 e. The van der Waals surface area contributed by atoms with Crippen LogP contribution in [0, 0.1) is 0 Å². The molecule has 2 rings (SSSR count). The first-order valence-corrected chi connectivity index (χ1v) is 8.36. The fraction of sp³-hybridized carbons (Fsp3) is 0.667. The maximum absolute atomic E-state index is 4.27. The van der Waals surface area contributed by atoms with E-state index in [1.54, 1.807) is 11.3 Å². The molecule has 1 aliphatic rings.